The minimum Gasteiger partial charge on any atom is -0.485 e. The maximum absolute atomic E-state index is 12.7. The number of carbonyl (C=O) groups excluding carboxylic acids is 1. The summed E-state index contributed by atoms with van der Waals surface area (Å²) in [4.78, 5) is 12.7. The summed E-state index contributed by atoms with van der Waals surface area (Å²) in [7, 11) is 0. The first-order valence-corrected chi connectivity index (χ1v) is 8.51. The smallest absolute Gasteiger partial charge is 0.269 e. The van der Waals surface area contributed by atoms with Crippen molar-refractivity contribution < 1.29 is 14.3 Å². The summed E-state index contributed by atoms with van der Waals surface area (Å²) in [6.07, 6.45) is 0.867. The highest BCUT2D eigenvalue weighted by Gasteiger charge is 2.28. The Morgan fingerprint density at radius 3 is 2.62 bits per heavy atom. The predicted octanol–water partition coefficient (Wildman–Crippen LogP) is 4.24. The van der Waals surface area contributed by atoms with Gasteiger partial charge in [0.25, 0.3) is 5.91 Å². The number of benzene rings is 2. The molecule has 1 N–H and O–H groups in total. The van der Waals surface area contributed by atoms with Crippen molar-refractivity contribution in [2.75, 3.05) is 11.9 Å². The molecule has 0 fully saturated rings. The van der Waals surface area contributed by atoms with E-state index in [4.69, 9.17) is 21.1 Å². The van der Waals surface area contributed by atoms with Crippen molar-refractivity contribution in [3.05, 3.63) is 52.5 Å². The van der Waals surface area contributed by atoms with E-state index in [1.54, 1.807) is 6.07 Å². The SMILES string of the molecule is CCc1ccc(Cl)c(CC)c1NC(=O)[C@@H]1COc2ccccc2O1. The fourth-order valence-electron chi connectivity index (χ4n) is 2.82. The van der Waals surface area contributed by atoms with Gasteiger partial charge in [0.2, 0.25) is 6.10 Å². The van der Waals surface area contributed by atoms with E-state index in [9.17, 15) is 4.79 Å². The number of aryl methyl sites for hydroxylation is 1. The highest BCUT2D eigenvalue weighted by atomic mass is 35.5. The molecule has 24 heavy (non-hydrogen) atoms. The number of carbonyl (C=O) groups is 1. The largest absolute Gasteiger partial charge is 0.485 e. The zero-order valence-corrected chi connectivity index (χ0v) is 14.5. The van der Waals surface area contributed by atoms with Crippen LogP contribution in [0.5, 0.6) is 11.5 Å². The molecule has 1 amide bonds. The van der Waals surface area contributed by atoms with Gasteiger partial charge in [0.1, 0.15) is 6.61 Å². The van der Waals surface area contributed by atoms with Gasteiger partial charge in [-0.2, -0.15) is 0 Å². The number of rotatable bonds is 4. The number of halogens is 1. The molecule has 1 aliphatic rings. The first kappa shape index (κ1) is 16.7. The zero-order valence-electron chi connectivity index (χ0n) is 13.8. The molecule has 0 aromatic heterocycles. The Morgan fingerprint density at radius 1 is 1.17 bits per heavy atom. The quantitative estimate of drug-likeness (QED) is 0.901. The van der Waals surface area contributed by atoms with E-state index >= 15 is 0 Å². The fraction of sp³-hybridized carbons (Fsp3) is 0.316. The third-order valence-electron chi connectivity index (χ3n) is 4.13. The second-order valence-corrected chi connectivity index (χ2v) is 6.03. The number of ether oxygens (including phenoxy) is 2. The van der Waals surface area contributed by atoms with Crippen molar-refractivity contribution in [1.82, 2.24) is 0 Å². The molecule has 0 bridgehead atoms. The number of anilines is 1. The highest BCUT2D eigenvalue weighted by Crippen LogP contribution is 2.33. The van der Waals surface area contributed by atoms with Gasteiger partial charge in [-0.25, -0.2) is 0 Å². The predicted molar refractivity (Wildman–Crippen MR) is 95.2 cm³/mol. The molecule has 5 heteroatoms. The van der Waals surface area contributed by atoms with E-state index in [0.717, 1.165) is 29.7 Å². The van der Waals surface area contributed by atoms with E-state index in [1.165, 1.54) is 0 Å². The lowest BCUT2D eigenvalue weighted by molar-refractivity contribution is -0.125. The maximum atomic E-state index is 12.7. The van der Waals surface area contributed by atoms with Crippen molar-refractivity contribution in [2.45, 2.75) is 32.8 Å². The normalized spacial score (nSPS) is 15.9. The van der Waals surface area contributed by atoms with Crippen LogP contribution in [0.2, 0.25) is 5.02 Å². The van der Waals surface area contributed by atoms with Crippen molar-refractivity contribution >= 4 is 23.2 Å². The van der Waals surface area contributed by atoms with Crippen molar-refractivity contribution in [3.63, 3.8) is 0 Å². The summed E-state index contributed by atoms with van der Waals surface area (Å²) in [6, 6.07) is 11.2. The molecule has 2 aromatic carbocycles. The van der Waals surface area contributed by atoms with Gasteiger partial charge in [0, 0.05) is 10.7 Å². The van der Waals surface area contributed by atoms with E-state index in [0.29, 0.717) is 16.5 Å². The minimum absolute atomic E-state index is 0.187. The van der Waals surface area contributed by atoms with Gasteiger partial charge >= 0.3 is 0 Å². The van der Waals surface area contributed by atoms with E-state index in [2.05, 4.69) is 12.2 Å². The van der Waals surface area contributed by atoms with Gasteiger partial charge in [0.15, 0.2) is 11.5 Å². The third kappa shape index (κ3) is 3.20. The maximum Gasteiger partial charge on any atom is 0.269 e. The first-order valence-electron chi connectivity index (χ1n) is 8.13. The summed E-state index contributed by atoms with van der Waals surface area (Å²) in [5, 5.41) is 3.66. The number of nitrogens with one attached hydrogen (secondary N) is 1. The standard InChI is InChI=1S/C19H20ClNO3/c1-3-12-9-10-14(20)13(4-2)18(12)21-19(22)17-11-23-15-7-5-6-8-16(15)24-17/h5-10,17H,3-4,11H2,1-2H3,(H,21,22)/t17-/m0/s1. The fourth-order valence-corrected chi connectivity index (χ4v) is 3.11. The third-order valence-corrected chi connectivity index (χ3v) is 4.48. The lowest BCUT2D eigenvalue weighted by Crippen LogP contribution is -2.40. The molecule has 0 saturated carbocycles. The van der Waals surface area contributed by atoms with Crippen LogP contribution in [-0.4, -0.2) is 18.6 Å². The van der Waals surface area contributed by atoms with Crippen LogP contribution in [-0.2, 0) is 17.6 Å². The van der Waals surface area contributed by atoms with Crippen LogP contribution in [0.3, 0.4) is 0 Å². The van der Waals surface area contributed by atoms with Crippen molar-refractivity contribution in [1.29, 1.82) is 0 Å². The number of hydrogen-bond acceptors (Lipinski definition) is 3. The summed E-state index contributed by atoms with van der Waals surface area (Å²) < 4.78 is 11.4. The second-order valence-electron chi connectivity index (χ2n) is 5.62. The Labute approximate surface area is 146 Å². The molecule has 2 aromatic rings. The summed E-state index contributed by atoms with van der Waals surface area (Å²) in [6.45, 7) is 4.26. The second kappa shape index (κ2) is 7.14. The summed E-state index contributed by atoms with van der Waals surface area (Å²) in [5.74, 6) is 1.02. The van der Waals surface area contributed by atoms with Gasteiger partial charge in [-0.3, -0.25) is 4.79 Å². The van der Waals surface area contributed by atoms with E-state index < -0.39 is 6.10 Å². The van der Waals surface area contributed by atoms with Gasteiger partial charge in [-0.1, -0.05) is 43.6 Å². The monoisotopic (exact) mass is 345 g/mol. The molecular formula is C19H20ClNO3. The van der Waals surface area contributed by atoms with Gasteiger partial charge < -0.3 is 14.8 Å². The van der Waals surface area contributed by atoms with Gasteiger partial charge in [0.05, 0.1) is 0 Å². The van der Waals surface area contributed by atoms with Gasteiger partial charge in [-0.05, 0) is 42.2 Å². The topological polar surface area (TPSA) is 47.6 Å². The van der Waals surface area contributed by atoms with Crippen molar-refractivity contribution in [3.8, 4) is 11.5 Å². The lowest BCUT2D eigenvalue weighted by Gasteiger charge is -2.26. The Morgan fingerprint density at radius 2 is 1.92 bits per heavy atom. The lowest BCUT2D eigenvalue weighted by atomic mass is 10.0. The molecule has 4 nitrogen and oxygen atoms in total. The van der Waals surface area contributed by atoms with Crippen LogP contribution < -0.4 is 14.8 Å². The van der Waals surface area contributed by atoms with Crippen LogP contribution in [0.25, 0.3) is 0 Å². The summed E-state index contributed by atoms with van der Waals surface area (Å²) >= 11 is 6.29. The molecule has 1 heterocycles. The molecule has 1 aliphatic heterocycles. The van der Waals surface area contributed by atoms with E-state index in [-0.39, 0.29) is 12.5 Å². The Balaban J connectivity index is 1.82. The Kier molecular flexibility index (Phi) is 4.95. The number of para-hydroxylation sites is 2. The summed E-state index contributed by atoms with van der Waals surface area (Å²) in [5.41, 5.74) is 2.79. The average molecular weight is 346 g/mol. The van der Waals surface area contributed by atoms with Crippen LogP contribution in [0.1, 0.15) is 25.0 Å². The Hall–Kier alpha value is -2.20. The van der Waals surface area contributed by atoms with E-state index in [1.807, 2.05) is 37.3 Å². The highest BCUT2D eigenvalue weighted by molar-refractivity contribution is 6.32. The zero-order chi connectivity index (χ0) is 17.1. The molecule has 0 radical (unpaired) electrons. The number of amides is 1. The molecule has 1 atom stereocenters. The van der Waals surface area contributed by atoms with Crippen LogP contribution in [0.4, 0.5) is 5.69 Å². The van der Waals surface area contributed by atoms with Crippen molar-refractivity contribution in [2.24, 2.45) is 0 Å². The number of fused-ring (bicyclic) bond motifs is 1. The van der Waals surface area contributed by atoms with Gasteiger partial charge in [-0.15, -0.1) is 0 Å². The van der Waals surface area contributed by atoms with Crippen LogP contribution >= 0.6 is 11.6 Å². The molecule has 126 valence electrons. The number of hydrogen-bond donors (Lipinski definition) is 1. The molecule has 0 unspecified atom stereocenters. The minimum atomic E-state index is -0.687. The molecule has 0 aliphatic carbocycles. The van der Waals surface area contributed by atoms with Crippen LogP contribution in [0.15, 0.2) is 36.4 Å². The molecule has 3 rings (SSSR count). The molecule has 0 spiro atoms. The molecule has 0 saturated heterocycles. The average Bonchev–Trinajstić information content (AvgIpc) is 2.61. The van der Waals surface area contributed by atoms with Crippen LogP contribution in [0, 0.1) is 0 Å². The first-order chi connectivity index (χ1) is 11.6. The molecular weight excluding hydrogens is 326 g/mol. The Bertz CT molecular complexity index is 760.